The molecule has 31 heavy (non-hydrogen) atoms. The minimum atomic E-state index is -5.20. The highest BCUT2D eigenvalue weighted by atomic mass is 35.5. The van der Waals surface area contributed by atoms with Gasteiger partial charge in [0.15, 0.2) is 27.5 Å². The van der Waals surface area contributed by atoms with Crippen molar-refractivity contribution in [1.82, 2.24) is 19.5 Å². The second kappa shape index (κ2) is 8.84. The Morgan fingerprint density at radius 1 is 1.35 bits per heavy atom. The average molecular weight is 502 g/mol. The summed E-state index contributed by atoms with van der Waals surface area (Å²) in [5.41, 5.74) is 6.00. The molecule has 0 aliphatic carbocycles. The Hall–Kier alpha value is -1.42. The maximum atomic E-state index is 12.2. The number of nitrogen functional groups attached to an aromatic ring is 1. The van der Waals surface area contributed by atoms with Crippen LogP contribution in [0.2, 0.25) is 5.28 Å². The fraction of sp³-hybridized carbons (Fsp3) is 0.643. The van der Waals surface area contributed by atoms with Crippen molar-refractivity contribution in [3.8, 4) is 0 Å². The second-order valence-corrected chi connectivity index (χ2v) is 11.3. The molecule has 0 aromatic carbocycles. The van der Waals surface area contributed by atoms with Crippen molar-refractivity contribution < 1.29 is 42.5 Å². The van der Waals surface area contributed by atoms with Crippen LogP contribution in [0.1, 0.15) is 19.6 Å². The van der Waals surface area contributed by atoms with Gasteiger partial charge in [0.2, 0.25) is 5.28 Å². The molecule has 0 unspecified atom stereocenters. The van der Waals surface area contributed by atoms with E-state index in [1.54, 1.807) is 0 Å². The highest BCUT2D eigenvalue weighted by Crippen LogP contribution is 2.45. The SMILES string of the molecule is CCCS(=O)(=O)[C@H](OC[C@H]1O[C@@H](n2cnc3c(N)nc(Cl)nc32)[C@H](O)[C@@H]1O)P(=O)(O)O. The summed E-state index contributed by atoms with van der Waals surface area (Å²) in [4.78, 5) is 30.6. The Morgan fingerprint density at radius 3 is 2.65 bits per heavy atom. The lowest BCUT2D eigenvalue weighted by atomic mass is 10.1. The molecular formula is C14H21ClN5O9PS. The van der Waals surface area contributed by atoms with Gasteiger partial charge in [0.05, 0.1) is 18.7 Å². The van der Waals surface area contributed by atoms with Crippen molar-refractivity contribution in [3.63, 3.8) is 0 Å². The molecule has 6 N–H and O–H groups in total. The summed E-state index contributed by atoms with van der Waals surface area (Å²) in [5, 5.41) is 18.1. The van der Waals surface area contributed by atoms with Gasteiger partial charge in [0.1, 0.15) is 23.8 Å². The number of aliphatic hydroxyl groups excluding tert-OH is 2. The van der Waals surface area contributed by atoms with Gasteiger partial charge in [-0.25, -0.2) is 13.4 Å². The largest absolute Gasteiger partial charge is 0.387 e. The third kappa shape index (κ3) is 4.84. The third-order valence-electron chi connectivity index (χ3n) is 4.51. The Morgan fingerprint density at radius 2 is 2.03 bits per heavy atom. The standard InChI is InChI=1S/C14H21ClN5O9PS/c1-2-3-31(26,27)14(30(23,24)25)28-4-6-8(21)9(22)12(29-6)20-5-17-7-10(16)18-13(15)19-11(7)20/h5-6,8-9,12,14,21-22H,2-4H2,1H3,(H2,16,18,19)(H2,23,24,25)/t6-,8-,9-,12-,14-/m1/s1. The van der Waals surface area contributed by atoms with E-state index in [2.05, 4.69) is 15.0 Å². The summed E-state index contributed by atoms with van der Waals surface area (Å²) >= 11 is 5.80. The van der Waals surface area contributed by atoms with E-state index >= 15 is 0 Å². The van der Waals surface area contributed by atoms with Crippen LogP contribution < -0.4 is 5.73 Å². The first-order valence-electron chi connectivity index (χ1n) is 8.92. The van der Waals surface area contributed by atoms with Crippen molar-refractivity contribution in [2.45, 2.75) is 43.1 Å². The number of halogens is 1. The predicted octanol–water partition coefficient (Wildman–Crippen LogP) is -1.02. The molecule has 0 amide bonds. The summed E-state index contributed by atoms with van der Waals surface area (Å²) in [6, 6.07) is 0. The third-order valence-corrected chi connectivity index (χ3v) is 8.89. The van der Waals surface area contributed by atoms with Crippen molar-refractivity contribution in [1.29, 1.82) is 0 Å². The molecule has 14 nitrogen and oxygen atoms in total. The maximum absolute atomic E-state index is 12.2. The molecule has 3 heterocycles. The van der Waals surface area contributed by atoms with Gasteiger partial charge in [-0.05, 0) is 18.0 Å². The zero-order valence-corrected chi connectivity index (χ0v) is 18.5. The van der Waals surface area contributed by atoms with Crippen molar-refractivity contribution in [2.24, 2.45) is 0 Å². The molecule has 174 valence electrons. The first kappa shape index (κ1) is 24.2. The summed E-state index contributed by atoms with van der Waals surface area (Å²) < 4.78 is 47.8. The molecule has 2 aromatic rings. The molecule has 2 aromatic heterocycles. The van der Waals surface area contributed by atoms with Gasteiger partial charge in [-0.1, -0.05) is 6.92 Å². The van der Waals surface area contributed by atoms with E-state index in [0.29, 0.717) is 0 Å². The van der Waals surface area contributed by atoms with Crippen LogP contribution in [0.4, 0.5) is 5.82 Å². The van der Waals surface area contributed by atoms with Gasteiger partial charge < -0.3 is 35.2 Å². The van der Waals surface area contributed by atoms with E-state index in [1.165, 1.54) is 17.8 Å². The predicted molar refractivity (Wildman–Crippen MR) is 107 cm³/mol. The molecule has 0 spiro atoms. The van der Waals surface area contributed by atoms with Crippen LogP contribution >= 0.6 is 19.2 Å². The normalized spacial score (nSPS) is 25.9. The monoisotopic (exact) mass is 501 g/mol. The minimum absolute atomic E-state index is 0.0210. The number of hydrogen-bond acceptors (Lipinski definition) is 11. The van der Waals surface area contributed by atoms with Gasteiger partial charge in [0.25, 0.3) is 5.18 Å². The molecule has 5 atom stereocenters. The van der Waals surface area contributed by atoms with Gasteiger partial charge in [-0.15, -0.1) is 0 Å². The van der Waals surface area contributed by atoms with E-state index in [4.69, 9.17) is 26.8 Å². The minimum Gasteiger partial charge on any atom is -0.387 e. The zero-order chi connectivity index (χ0) is 23.1. The molecule has 0 radical (unpaired) electrons. The number of sulfone groups is 1. The van der Waals surface area contributed by atoms with Crippen LogP contribution in [0.5, 0.6) is 0 Å². The molecule has 1 saturated heterocycles. The number of imidazole rings is 1. The Balaban J connectivity index is 1.82. The van der Waals surface area contributed by atoms with Crippen molar-refractivity contribution in [2.75, 3.05) is 18.1 Å². The van der Waals surface area contributed by atoms with Gasteiger partial charge in [0, 0.05) is 0 Å². The summed E-state index contributed by atoms with van der Waals surface area (Å²) in [5.74, 6) is -0.530. The zero-order valence-electron chi connectivity index (χ0n) is 16.0. The van der Waals surface area contributed by atoms with E-state index in [9.17, 15) is 33.0 Å². The van der Waals surface area contributed by atoms with Crippen molar-refractivity contribution in [3.05, 3.63) is 11.6 Å². The lowest BCUT2D eigenvalue weighted by Gasteiger charge is -2.22. The molecule has 1 fully saturated rings. The molecule has 17 heteroatoms. The number of ether oxygens (including phenoxy) is 2. The molecular weight excluding hydrogens is 481 g/mol. The Bertz CT molecular complexity index is 1110. The number of aromatic nitrogens is 4. The molecule has 1 aliphatic heterocycles. The smallest absolute Gasteiger partial charge is 0.369 e. The molecule has 0 saturated carbocycles. The number of aliphatic hydroxyl groups is 2. The van der Waals surface area contributed by atoms with Crippen LogP contribution in [0.15, 0.2) is 6.33 Å². The number of nitrogens with zero attached hydrogens (tertiary/aromatic N) is 4. The van der Waals surface area contributed by atoms with Gasteiger partial charge in [-0.2, -0.15) is 9.97 Å². The quantitative estimate of drug-likeness (QED) is 0.216. The fourth-order valence-electron chi connectivity index (χ4n) is 3.17. The number of anilines is 1. The van der Waals surface area contributed by atoms with Crippen LogP contribution in [0, 0.1) is 0 Å². The van der Waals surface area contributed by atoms with Crippen LogP contribution in [0.3, 0.4) is 0 Å². The number of nitrogens with two attached hydrogens (primary N) is 1. The number of fused-ring (bicyclic) bond motifs is 1. The maximum Gasteiger partial charge on any atom is 0.369 e. The number of hydrogen-bond donors (Lipinski definition) is 5. The van der Waals surface area contributed by atoms with Crippen LogP contribution in [0.25, 0.3) is 11.2 Å². The van der Waals surface area contributed by atoms with Crippen LogP contribution in [-0.2, 0) is 23.9 Å². The fourth-order valence-corrected chi connectivity index (χ4v) is 6.66. The highest BCUT2D eigenvalue weighted by molar-refractivity contribution is 7.98. The topological polar surface area (TPSA) is 220 Å². The summed E-state index contributed by atoms with van der Waals surface area (Å²) in [7, 11) is -9.49. The van der Waals surface area contributed by atoms with E-state index in [0.717, 1.165) is 0 Å². The highest BCUT2D eigenvalue weighted by Gasteiger charge is 2.47. The average Bonchev–Trinajstić information content (AvgIpc) is 3.16. The first-order valence-corrected chi connectivity index (χ1v) is 12.7. The first-order chi connectivity index (χ1) is 14.4. The second-order valence-electron chi connectivity index (χ2n) is 6.84. The van der Waals surface area contributed by atoms with E-state index < -0.39 is 59.5 Å². The van der Waals surface area contributed by atoms with E-state index in [1.807, 2.05) is 0 Å². The Labute approximate surface area is 181 Å². The number of rotatable bonds is 8. The lowest BCUT2D eigenvalue weighted by Crippen LogP contribution is -2.36. The summed E-state index contributed by atoms with van der Waals surface area (Å²) in [6.07, 6.45) is -4.35. The molecule has 3 rings (SSSR count). The summed E-state index contributed by atoms with van der Waals surface area (Å²) in [6.45, 7) is 0.801. The lowest BCUT2D eigenvalue weighted by molar-refractivity contribution is -0.0648. The van der Waals surface area contributed by atoms with Crippen LogP contribution in [-0.4, -0.2) is 83.8 Å². The van der Waals surface area contributed by atoms with Crippen molar-refractivity contribution >= 4 is 46.0 Å². The molecule has 1 aliphatic rings. The van der Waals surface area contributed by atoms with E-state index in [-0.39, 0.29) is 28.7 Å². The molecule has 0 bridgehead atoms. The van der Waals surface area contributed by atoms with Gasteiger partial charge >= 0.3 is 7.60 Å². The Kier molecular flexibility index (Phi) is 6.91. The van der Waals surface area contributed by atoms with Gasteiger partial charge in [-0.3, -0.25) is 9.13 Å².